The molecule has 1 aromatic heterocycles. The van der Waals surface area contributed by atoms with E-state index in [1.54, 1.807) is 0 Å². The molecule has 1 N–H and O–H groups in total. The van der Waals surface area contributed by atoms with E-state index in [9.17, 15) is 0 Å². The fraction of sp³-hybridized carbons (Fsp3) is 0.471. The van der Waals surface area contributed by atoms with Gasteiger partial charge in [-0.2, -0.15) is 0 Å². The number of benzene rings is 1. The molecule has 1 fully saturated rings. The van der Waals surface area contributed by atoms with E-state index in [1.165, 1.54) is 24.1 Å². The van der Waals surface area contributed by atoms with Crippen LogP contribution in [0.5, 0.6) is 0 Å². The lowest BCUT2D eigenvalue weighted by atomic mass is 9.80. The normalized spacial score (nSPS) is 22.6. The molecule has 3 nitrogen and oxygen atoms in total. The second-order valence-electron chi connectivity index (χ2n) is 6.15. The van der Waals surface area contributed by atoms with Crippen molar-refractivity contribution in [1.29, 1.82) is 0 Å². The van der Waals surface area contributed by atoms with Crippen molar-refractivity contribution in [2.24, 2.45) is 5.92 Å². The lowest BCUT2D eigenvalue weighted by molar-refractivity contribution is 0.269. The second kappa shape index (κ2) is 5.41. The van der Waals surface area contributed by atoms with Gasteiger partial charge in [-0.15, -0.1) is 0 Å². The maximum Gasteiger partial charge on any atom is 0.0991 e. The van der Waals surface area contributed by atoms with Crippen LogP contribution in [0.2, 0.25) is 0 Å². The Bertz CT molecular complexity index is 534. The van der Waals surface area contributed by atoms with Crippen LogP contribution in [0.4, 0.5) is 0 Å². The molecular weight excluding hydrogens is 246 g/mol. The number of hydrogen-bond acceptors (Lipinski definition) is 2. The number of nitrogens with zero attached hydrogens (tertiary/aromatic N) is 2. The molecule has 1 aliphatic heterocycles. The summed E-state index contributed by atoms with van der Waals surface area (Å²) in [5.41, 5.74) is 2.87. The van der Waals surface area contributed by atoms with Crippen molar-refractivity contribution >= 4 is 0 Å². The molecule has 0 spiro atoms. The zero-order valence-electron chi connectivity index (χ0n) is 12.3. The fourth-order valence-electron chi connectivity index (χ4n) is 3.24. The van der Waals surface area contributed by atoms with Crippen molar-refractivity contribution in [1.82, 2.24) is 14.9 Å². The molecule has 1 aromatic carbocycles. The molecule has 1 unspecified atom stereocenters. The molecule has 20 heavy (non-hydrogen) atoms. The highest BCUT2D eigenvalue weighted by molar-refractivity contribution is 5.35. The van der Waals surface area contributed by atoms with E-state index in [0.29, 0.717) is 5.92 Å². The smallest absolute Gasteiger partial charge is 0.0991 e. The zero-order chi connectivity index (χ0) is 14.0. The Morgan fingerprint density at radius 1 is 1.30 bits per heavy atom. The van der Waals surface area contributed by atoms with Crippen LogP contribution < -0.4 is 5.32 Å². The maximum atomic E-state index is 4.09. The molecule has 3 heteroatoms. The zero-order valence-corrected chi connectivity index (χ0v) is 12.3. The summed E-state index contributed by atoms with van der Waals surface area (Å²) in [7, 11) is 0. The van der Waals surface area contributed by atoms with Crippen molar-refractivity contribution in [2.75, 3.05) is 6.54 Å². The Hall–Kier alpha value is -1.61. The van der Waals surface area contributed by atoms with Gasteiger partial charge in [-0.1, -0.05) is 26.0 Å². The Morgan fingerprint density at radius 2 is 2.10 bits per heavy atom. The van der Waals surface area contributed by atoms with Gasteiger partial charge in [0.2, 0.25) is 0 Å². The van der Waals surface area contributed by atoms with Gasteiger partial charge >= 0.3 is 0 Å². The Balaban J connectivity index is 1.78. The number of imidazole rings is 1. The van der Waals surface area contributed by atoms with Gasteiger partial charge in [0.1, 0.15) is 0 Å². The Kier molecular flexibility index (Phi) is 3.62. The van der Waals surface area contributed by atoms with Gasteiger partial charge in [-0.3, -0.25) is 0 Å². The minimum atomic E-state index is 0.288. The van der Waals surface area contributed by atoms with Crippen LogP contribution in [0.3, 0.4) is 0 Å². The summed E-state index contributed by atoms with van der Waals surface area (Å²) >= 11 is 0. The van der Waals surface area contributed by atoms with E-state index in [2.05, 4.69) is 48.4 Å². The minimum absolute atomic E-state index is 0.288. The average molecular weight is 269 g/mol. The first-order chi connectivity index (χ1) is 9.70. The molecule has 106 valence electrons. The van der Waals surface area contributed by atoms with Crippen molar-refractivity contribution < 1.29 is 0 Å². The summed E-state index contributed by atoms with van der Waals surface area (Å²) in [6, 6.07) is 8.86. The summed E-state index contributed by atoms with van der Waals surface area (Å²) in [6.45, 7) is 5.82. The average Bonchev–Trinajstić information content (AvgIpc) is 3.11. The highest BCUT2D eigenvalue weighted by atomic mass is 15.0. The van der Waals surface area contributed by atoms with Crippen LogP contribution in [0, 0.1) is 5.92 Å². The third kappa shape index (κ3) is 2.50. The molecule has 1 saturated heterocycles. The molecule has 3 rings (SSSR count). The SMILES string of the molecule is CC(C)C1(Cc2ccc(-n3ccnc3)cc2)CCCN1. The molecule has 2 heterocycles. The van der Waals surface area contributed by atoms with Crippen molar-refractivity contribution in [2.45, 2.75) is 38.6 Å². The van der Waals surface area contributed by atoms with E-state index in [1.807, 2.05) is 23.3 Å². The largest absolute Gasteiger partial charge is 0.311 e. The standard InChI is InChI=1S/C17H23N3/c1-14(2)17(8-3-9-19-17)12-15-4-6-16(7-5-15)20-11-10-18-13-20/h4-7,10-11,13-14,19H,3,8-9,12H2,1-2H3. The Labute approximate surface area is 121 Å². The molecular formula is C17H23N3. The first-order valence-corrected chi connectivity index (χ1v) is 7.52. The van der Waals surface area contributed by atoms with E-state index in [4.69, 9.17) is 0 Å². The van der Waals surface area contributed by atoms with Gasteiger partial charge < -0.3 is 9.88 Å². The van der Waals surface area contributed by atoms with Crippen molar-refractivity contribution in [3.05, 3.63) is 48.5 Å². The first-order valence-electron chi connectivity index (χ1n) is 7.52. The number of hydrogen-bond donors (Lipinski definition) is 1. The second-order valence-corrected chi connectivity index (χ2v) is 6.15. The van der Waals surface area contributed by atoms with E-state index in [0.717, 1.165) is 13.0 Å². The lowest BCUT2D eigenvalue weighted by Crippen LogP contribution is -2.46. The van der Waals surface area contributed by atoms with Gasteiger partial charge in [-0.05, 0) is 49.4 Å². The van der Waals surface area contributed by atoms with Gasteiger partial charge in [0.05, 0.1) is 6.33 Å². The third-order valence-corrected chi connectivity index (χ3v) is 4.64. The lowest BCUT2D eigenvalue weighted by Gasteiger charge is -2.34. The summed E-state index contributed by atoms with van der Waals surface area (Å²) in [5, 5.41) is 3.74. The van der Waals surface area contributed by atoms with Gasteiger partial charge in [-0.25, -0.2) is 4.98 Å². The van der Waals surface area contributed by atoms with Gasteiger partial charge in [0.15, 0.2) is 0 Å². The van der Waals surface area contributed by atoms with E-state index >= 15 is 0 Å². The summed E-state index contributed by atoms with van der Waals surface area (Å²) < 4.78 is 2.04. The van der Waals surface area contributed by atoms with Crippen LogP contribution in [0.25, 0.3) is 5.69 Å². The predicted molar refractivity (Wildman–Crippen MR) is 82.1 cm³/mol. The fourth-order valence-corrected chi connectivity index (χ4v) is 3.24. The monoisotopic (exact) mass is 269 g/mol. The summed E-state index contributed by atoms with van der Waals surface area (Å²) in [4.78, 5) is 4.09. The molecule has 0 aliphatic carbocycles. The molecule has 0 radical (unpaired) electrons. The number of nitrogens with one attached hydrogen (secondary N) is 1. The van der Waals surface area contributed by atoms with Gasteiger partial charge in [0, 0.05) is 23.6 Å². The highest BCUT2D eigenvalue weighted by Gasteiger charge is 2.36. The van der Waals surface area contributed by atoms with Crippen LogP contribution in [0.1, 0.15) is 32.3 Å². The summed E-state index contributed by atoms with van der Waals surface area (Å²) in [6.07, 6.45) is 9.32. The predicted octanol–water partition coefficient (Wildman–Crippen LogP) is 3.19. The van der Waals surface area contributed by atoms with Crippen LogP contribution in [-0.4, -0.2) is 21.6 Å². The first kappa shape index (κ1) is 13.4. The molecule has 0 bridgehead atoms. The van der Waals surface area contributed by atoms with Crippen molar-refractivity contribution in [3.63, 3.8) is 0 Å². The van der Waals surface area contributed by atoms with Crippen LogP contribution in [-0.2, 0) is 6.42 Å². The maximum absolute atomic E-state index is 4.09. The third-order valence-electron chi connectivity index (χ3n) is 4.64. The molecule has 0 saturated carbocycles. The van der Waals surface area contributed by atoms with E-state index < -0.39 is 0 Å². The van der Waals surface area contributed by atoms with Gasteiger partial charge in [0.25, 0.3) is 0 Å². The number of aromatic nitrogens is 2. The van der Waals surface area contributed by atoms with Crippen LogP contribution in [0.15, 0.2) is 43.0 Å². The topological polar surface area (TPSA) is 29.9 Å². The molecule has 2 aromatic rings. The highest BCUT2D eigenvalue weighted by Crippen LogP contribution is 2.31. The minimum Gasteiger partial charge on any atom is -0.311 e. The molecule has 1 atom stereocenters. The molecule has 1 aliphatic rings. The number of rotatable bonds is 4. The van der Waals surface area contributed by atoms with Crippen LogP contribution >= 0.6 is 0 Å². The van der Waals surface area contributed by atoms with E-state index in [-0.39, 0.29) is 5.54 Å². The van der Waals surface area contributed by atoms with Crippen molar-refractivity contribution in [3.8, 4) is 5.69 Å². The summed E-state index contributed by atoms with van der Waals surface area (Å²) in [5.74, 6) is 0.665. The molecule has 0 amide bonds. The quantitative estimate of drug-likeness (QED) is 0.923. The Morgan fingerprint density at radius 3 is 2.65 bits per heavy atom.